The van der Waals surface area contributed by atoms with Crippen LogP contribution in [0.2, 0.25) is 0 Å². The van der Waals surface area contributed by atoms with Gasteiger partial charge in [0, 0.05) is 22.3 Å². The zero-order valence-electron chi connectivity index (χ0n) is 12.4. The van der Waals surface area contributed by atoms with Crippen molar-refractivity contribution in [2.24, 2.45) is 0 Å². The van der Waals surface area contributed by atoms with Crippen LogP contribution in [0.25, 0.3) is 0 Å². The van der Waals surface area contributed by atoms with Crippen molar-refractivity contribution in [3.05, 3.63) is 94.1 Å². The number of benzene rings is 2. The van der Waals surface area contributed by atoms with Gasteiger partial charge in [0.2, 0.25) is 0 Å². The van der Waals surface area contributed by atoms with Crippen molar-refractivity contribution < 1.29 is 19.2 Å². The van der Waals surface area contributed by atoms with Crippen molar-refractivity contribution in [1.29, 1.82) is 0 Å². The molecule has 2 aliphatic rings. The number of ketones is 4. The lowest BCUT2D eigenvalue weighted by molar-refractivity contribution is 0.0970. The summed E-state index contributed by atoms with van der Waals surface area (Å²) in [6, 6.07) is 13.1. The Hall–Kier alpha value is -3.40. The van der Waals surface area contributed by atoms with E-state index >= 15 is 0 Å². The Morgan fingerprint density at radius 1 is 0.458 bits per heavy atom. The Morgan fingerprint density at radius 2 is 0.708 bits per heavy atom. The maximum Gasteiger partial charge on any atom is 0.197 e. The van der Waals surface area contributed by atoms with Crippen LogP contribution in [-0.4, -0.2) is 23.1 Å². The minimum atomic E-state index is -0.386. The SMILES string of the molecule is O=C1C(=CC=C2C(=O)c3ccccc3C2=O)C(=O)c2ccccc21. The number of rotatable bonds is 1. The van der Waals surface area contributed by atoms with E-state index in [1.165, 1.54) is 12.2 Å². The average Bonchev–Trinajstić information content (AvgIpc) is 3.00. The maximum atomic E-state index is 12.3. The van der Waals surface area contributed by atoms with Crippen molar-refractivity contribution in [3.8, 4) is 0 Å². The molecule has 4 nitrogen and oxygen atoms in total. The van der Waals surface area contributed by atoms with Crippen LogP contribution < -0.4 is 0 Å². The molecule has 2 aromatic carbocycles. The molecule has 0 amide bonds. The first-order valence-electron chi connectivity index (χ1n) is 7.38. The number of carbonyl (C=O) groups excluding carboxylic acids is 4. The Balaban J connectivity index is 1.76. The molecule has 4 rings (SSSR count). The summed E-state index contributed by atoms with van der Waals surface area (Å²) in [5.74, 6) is -1.54. The van der Waals surface area contributed by atoms with E-state index in [0.717, 1.165) is 0 Å². The van der Waals surface area contributed by atoms with Crippen molar-refractivity contribution in [3.63, 3.8) is 0 Å². The predicted molar refractivity (Wildman–Crippen MR) is 86.4 cm³/mol. The summed E-state index contributed by atoms with van der Waals surface area (Å²) in [6.07, 6.45) is 2.56. The van der Waals surface area contributed by atoms with Crippen LogP contribution >= 0.6 is 0 Å². The average molecular weight is 314 g/mol. The van der Waals surface area contributed by atoms with Gasteiger partial charge in [-0.05, 0) is 12.2 Å². The topological polar surface area (TPSA) is 68.3 Å². The summed E-state index contributed by atoms with van der Waals surface area (Å²) < 4.78 is 0. The second-order valence-electron chi connectivity index (χ2n) is 5.57. The van der Waals surface area contributed by atoms with E-state index in [-0.39, 0.29) is 34.3 Å². The number of allylic oxidation sites excluding steroid dienone is 4. The molecule has 24 heavy (non-hydrogen) atoms. The molecule has 0 aliphatic heterocycles. The number of carbonyl (C=O) groups is 4. The molecule has 0 aromatic heterocycles. The second-order valence-corrected chi connectivity index (χ2v) is 5.57. The molecule has 0 spiro atoms. The number of Topliss-reactive ketones (excluding diaryl/α,β-unsaturated/α-hetero) is 4. The Kier molecular flexibility index (Phi) is 3.00. The van der Waals surface area contributed by atoms with Gasteiger partial charge in [-0.3, -0.25) is 19.2 Å². The summed E-state index contributed by atoms with van der Waals surface area (Å²) in [5, 5.41) is 0. The Labute approximate surface area is 137 Å². The molecule has 0 heterocycles. The van der Waals surface area contributed by atoms with Gasteiger partial charge < -0.3 is 0 Å². The van der Waals surface area contributed by atoms with Crippen molar-refractivity contribution in [1.82, 2.24) is 0 Å². The molecule has 2 aliphatic carbocycles. The second kappa shape index (κ2) is 5.06. The van der Waals surface area contributed by atoms with E-state index in [4.69, 9.17) is 0 Å². The summed E-state index contributed by atoms with van der Waals surface area (Å²) >= 11 is 0. The fourth-order valence-electron chi connectivity index (χ4n) is 3.01. The molecule has 4 heteroatoms. The lowest BCUT2D eigenvalue weighted by Crippen LogP contribution is -2.03. The molecule has 0 bridgehead atoms. The molecule has 0 saturated heterocycles. The first-order chi connectivity index (χ1) is 11.6. The molecule has 2 aromatic rings. The first-order valence-corrected chi connectivity index (χ1v) is 7.38. The molecule has 114 valence electrons. The van der Waals surface area contributed by atoms with E-state index < -0.39 is 0 Å². The van der Waals surface area contributed by atoms with Crippen molar-refractivity contribution in [2.45, 2.75) is 0 Å². The van der Waals surface area contributed by atoms with Gasteiger partial charge in [0.25, 0.3) is 0 Å². The lowest BCUT2D eigenvalue weighted by atomic mass is 10.1. The third-order valence-corrected chi connectivity index (χ3v) is 4.23. The predicted octanol–water partition coefficient (Wildman–Crippen LogP) is 3.00. The van der Waals surface area contributed by atoms with Crippen LogP contribution in [0.15, 0.2) is 71.8 Å². The molecule has 0 unspecified atom stereocenters. The van der Waals surface area contributed by atoms with Crippen LogP contribution in [0.5, 0.6) is 0 Å². The van der Waals surface area contributed by atoms with Crippen molar-refractivity contribution >= 4 is 23.1 Å². The maximum absolute atomic E-state index is 12.3. The van der Waals surface area contributed by atoms with Crippen LogP contribution in [0, 0.1) is 0 Å². The standard InChI is InChI=1S/C20H10O4/c21-17-11-5-1-2-6-12(11)18(22)15(17)9-10-16-19(23)13-7-3-4-8-14(13)20(16)24/h1-10H. The summed E-state index contributed by atoms with van der Waals surface area (Å²) in [4.78, 5) is 49.2. The van der Waals surface area contributed by atoms with E-state index in [2.05, 4.69) is 0 Å². The molecular formula is C20H10O4. The largest absolute Gasteiger partial charge is 0.288 e. The zero-order valence-corrected chi connectivity index (χ0v) is 12.4. The number of hydrogen-bond acceptors (Lipinski definition) is 4. The van der Waals surface area contributed by atoms with Crippen LogP contribution in [0.1, 0.15) is 41.4 Å². The molecule has 0 saturated carbocycles. The highest BCUT2D eigenvalue weighted by Crippen LogP contribution is 2.29. The summed E-state index contributed by atoms with van der Waals surface area (Å²) in [7, 11) is 0. The highest BCUT2D eigenvalue weighted by atomic mass is 16.2. The Bertz CT molecular complexity index is 864. The highest BCUT2D eigenvalue weighted by molar-refractivity contribution is 6.41. The fourth-order valence-corrected chi connectivity index (χ4v) is 3.01. The van der Waals surface area contributed by atoms with Gasteiger partial charge in [0.05, 0.1) is 11.1 Å². The van der Waals surface area contributed by atoms with E-state index in [1.54, 1.807) is 48.5 Å². The zero-order chi connectivity index (χ0) is 16.8. The monoisotopic (exact) mass is 314 g/mol. The van der Waals surface area contributed by atoms with Crippen LogP contribution in [-0.2, 0) is 0 Å². The van der Waals surface area contributed by atoms with E-state index in [1.807, 2.05) is 0 Å². The van der Waals surface area contributed by atoms with Gasteiger partial charge in [0.15, 0.2) is 23.1 Å². The number of fused-ring (bicyclic) bond motifs is 2. The van der Waals surface area contributed by atoms with Gasteiger partial charge in [-0.25, -0.2) is 0 Å². The molecule has 0 N–H and O–H groups in total. The van der Waals surface area contributed by atoms with Crippen molar-refractivity contribution in [2.75, 3.05) is 0 Å². The van der Waals surface area contributed by atoms with E-state index in [9.17, 15) is 19.2 Å². The normalized spacial score (nSPS) is 15.7. The van der Waals surface area contributed by atoms with Gasteiger partial charge >= 0.3 is 0 Å². The molecule has 0 fully saturated rings. The van der Waals surface area contributed by atoms with Crippen LogP contribution in [0.3, 0.4) is 0 Å². The summed E-state index contributed by atoms with van der Waals surface area (Å²) in [6.45, 7) is 0. The minimum Gasteiger partial charge on any atom is -0.288 e. The molecule has 0 atom stereocenters. The van der Waals surface area contributed by atoms with Gasteiger partial charge in [0.1, 0.15) is 0 Å². The molecule has 0 radical (unpaired) electrons. The Morgan fingerprint density at radius 3 is 0.958 bits per heavy atom. The van der Waals surface area contributed by atoms with E-state index in [0.29, 0.717) is 22.3 Å². The van der Waals surface area contributed by atoms with Crippen LogP contribution in [0.4, 0.5) is 0 Å². The quantitative estimate of drug-likeness (QED) is 0.599. The number of hydrogen-bond donors (Lipinski definition) is 0. The highest BCUT2D eigenvalue weighted by Gasteiger charge is 2.34. The van der Waals surface area contributed by atoms with Gasteiger partial charge in [-0.15, -0.1) is 0 Å². The summed E-state index contributed by atoms with van der Waals surface area (Å²) in [5.41, 5.74) is 1.33. The fraction of sp³-hybridized carbons (Fsp3) is 0. The molecular weight excluding hydrogens is 304 g/mol. The lowest BCUT2D eigenvalue weighted by Gasteiger charge is -1.93. The first kappa shape index (κ1) is 14.2. The third-order valence-electron chi connectivity index (χ3n) is 4.23. The minimum absolute atomic E-state index is 0.0275. The smallest absolute Gasteiger partial charge is 0.197 e. The third kappa shape index (κ3) is 1.86. The van der Waals surface area contributed by atoms with Gasteiger partial charge in [-0.2, -0.15) is 0 Å². The van der Waals surface area contributed by atoms with Gasteiger partial charge in [-0.1, -0.05) is 48.5 Å².